The van der Waals surface area contributed by atoms with Crippen LogP contribution < -0.4 is 10.6 Å². The molecule has 24 heavy (non-hydrogen) atoms. The van der Waals surface area contributed by atoms with Crippen molar-refractivity contribution in [3.63, 3.8) is 0 Å². The van der Waals surface area contributed by atoms with Gasteiger partial charge in [-0.1, -0.05) is 31.5 Å². The van der Waals surface area contributed by atoms with E-state index in [2.05, 4.69) is 10.6 Å². The molecule has 0 heterocycles. The second-order valence-electron chi connectivity index (χ2n) is 7.07. The molecule has 7 heteroatoms. The third-order valence-corrected chi connectivity index (χ3v) is 3.71. The maximum atomic E-state index is 12.4. The first-order chi connectivity index (χ1) is 11.0. The molecule has 0 saturated carbocycles. The predicted molar refractivity (Wildman–Crippen MR) is 94.3 cm³/mol. The van der Waals surface area contributed by atoms with Gasteiger partial charge in [-0.25, -0.2) is 0 Å². The molecule has 0 aromatic heterocycles. The van der Waals surface area contributed by atoms with E-state index < -0.39 is 24.5 Å². The molecule has 0 spiro atoms. The molecule has 0 unspecified atom stereocenters. The third kappa shape index (κ3) is 5.98. The van der Waals surface area contributed by atoms with Crippen LogP contribution in [-0.2, 0) is 4.79 Å². The van der Waals surface area contributed by atoms with Gasteiger partial charge in [0.1, 0.15) is 5.54 Å². The number of nitrogens with one attached hydrogen (secondary N) is 2. The van der Waals surface area contributed by atoms with E-state index in [0.29, 0.717) is 12.0 Å². The number of hydrogen-bond acceptors (Lipinski definition) is 4. The number of hydrogen-bond donors (Lipinski definition) is 4. The van der Waals surface area contributed by atoms with Crippen LogP contribution in [0.5, 0.6) is 0 Å². The van der Waals surface area contributed by atoms with Crippen LogP contribution in [0.1, 0.15) is 50.0 Å². The smallest absolute Gasteiger partial charge is 0.426 e. The van der Waals surface area contributed by atoms with Gasteiger partial charge in [-0.3, -0.25) is 9.59 Å². The van der Waals surface area contributed by atoms with Crippen molar-refractivity contribution >= 4 is 18.9 Å². The van der Waals surface area contributed by atoms with Crippen molar-refractivity contribution in [2.24, 2.45) is 5.92 Å². The highest BCUT2D eigenvalue weighted by Gasteiger charge is 2.34. The molecule has 0 aliphatic carbocycles. The molecule has 0 radical (unpaired) electrons. The standard InChI is InChI=1S/C17H27BN2O4/c1-11(2)10-14(18(23)24)19-16(22)17(4,5)20-15(21)13-8-6-12(3)7-9-13/h6-9,11,14,23-24H,10H2,1-5H3,(H,19,22)(H,20,21)/t14-/m0/s1. The summed E-state index contributed by atoms with van der Waals surface area (Å²) in [5, 5.41) is 24.1. The molecule has 0 saturated heterocycles. The SMILES string of the molecule is Cc1ccc(C(=O)NC(C)(C)C(=O)N[C@@H](CC(C)C)B(O)O)cc1. The van der Waals surface area contributed by atoms with Gasteiger partial charge in [0, 0.05) is 5.56 Å². The highest BCUT2D eigenvalue weighted by Crippen LogP contribution is 2.11. The minimum Gasteiger partial charge on any atom is -0.426 e. The normalized spacial score (nSPS) is 12.7. The Morgan fingerprint density at radius 1 is 1.17 bits per heavy atom. The number of aryl methyl sites for hydroxylation is 1. The molecule has 0 bridgehead atoms. The Morgan fingerprint density at radius 2 is 1.71 bits per heavy atom. The van der Waals surface area contributed by atoms with E-state index in [1.54, 1.807) is 26.0 Å². The Balaban J connectivity index is 2.76. The Hall–Kier alpha value is -1.86. The molecule has 132 valence electrons. The van der Waals surface area contributed by atoms with Gasteiger partial charge in [-0.2, -0.15) is 0 Å². The Labute approximate surface area is 143 Å². The van der Waals surface area contributed by atoms with E-state index in [1.807, 2.05) is 32.9 Å². The van der Waals surface area contributed by atoms with Gasteiger partial charge in [0.05, 0.1) is 5.94 Å². The van der Waals surface area contributed by atoms with Crippen molar-refractivity contribution < 1.29 is 19.6 Å². The number of amides is 2. The number of rotatable bonds is 7. The Morgan fingerprint density at radius 3 is 2.17 bits per heavy atom. The zero-order valence-corrected chi connectivity index (χ0v) is 15.0. The fourth-order valence-corrected chi connectivity index (χ4v) is 2.23. The van der Waals surface area contributed by atoms with E-state index in [9.17, 15) is 19.6 Å². The van der Waals surface area contributed by atoms with Crippen LogP contribution in [0.3, 0.4) is 0 Å². The Kier molecular flexibility index (Phi) is 6.99. The van der Waals surface area contributed by atoms with E-state index in [4.69, 9.17) is 0 Å². The summed E-state index contributed by atoms with van der Waals surface area (Å²) in [5.41, 5.74) is 0.311. The summed E-state index contributed by atoms with van der Waals surface area (Å²) in [6.07, 6.45) is 0.422. The highest BCUT2D eigenvalue weighted by atomic mass is 16.4. The summed E-state index contributed by atoms with van der Waals surface area (Å²) in [5.74, 6) is -1.43. The average Bonchev–Trinajstić information content (AvgIpc) is 2.45. The summed E-state index contributed by atoms with van der Waals surface area (Å²) in [6, 6.07) is 7.03. The summed E-state index contributed by atoms with van der Waals surface area (Å²) in [4.78, 5) is 24.7. The van der Waals surface area contributed by atoms with Gasteiger partial charge >= 0.3 is 7.12 Å². The molecule has 1 atom stereocenters. The lowest BCUT2D eigenvalue weighted by atomic mass is 9.74. The van der Waals surface area contributed by atoms with Crippen molar-refractivity contribution in [2.75, 3.05) is 0 Å². The van der Waals surface area contributed by atoms with Crippen LogP contribution >= 0.6 is 0 Å². The number of carbonyl (C=O) groups is 2. The van der Waals surface area contributed by atoms with Crippen LogP contribution in [0, 0.1) is 12.8 Å². The zero-order valence-electron chi connectivity index (χ0n) is 15.0. The quantitative estimate of drug-likeness (QED) is 0.560. The largest absolute Gasteiger partial charge is 0.475 e. The van der Waals surface area contributed by atoms with E-state index >= 15 is 0 Å². The lowest BCUT2D eigenvalue weighted by Gasteiger charge is -2.28. The first kappa shape index (κ1) is 20.2. The van der Waals surface area contributed by atoms with E-state index in [0.717, 1.165) is 5.56 Å². The van der Waals surface area contributed by atoms with Crippen molar-refractivity contribution in [1.82, 2.24) is 10.6 Å². The van der Waals surface area contributed by atoms with Crippen LogP contribution in [0.25, 0.3) is 0 Å². The maximum Gasteiger partial charge on any atom is 0.475 e. The van der Waals surface area contributed by atoms with Crippen molar-refractivity contribution in [2.45, 2.75) is 52.5 Å². The molecule has 1 aromatic carbocycles. The summed E-state index contributed by atoms with van der Waals surface area (Å²) >= 11 is 0. The molecule has 1 rings (SSSR count). The van der Waals surface area contributed by atoms with Crippen molar-refractivity contribution in [3.8, 4) is 0 Å². The van der Waals surface area contributed by atoms with Gasteiger partial charge in [0.25, 0.3) is 5.91 Å². The number of carbonyl (C=O) groups excluding carboxylic acids is 2. The van der Waals surface area contributed by atoms with Gasteiger partial charge in [-0.05, 0) is 45.2 Å². The van der Waals surface area contributed by atoms with E-state index in [1.165, 1.54) is 0 Å². The minimum absolute atomic E-state index is 0.183. The molecule has 1 aromatic rings. The Bertz CT molecular complexity index is 570. The summed E-state index contributed by atoms with van der Waals surface area (Å²) in [6.45, 7) is 8.92. The molecule has 0 aliphatic rings. The summed E-state index contributed by atoms with van der Waals surface area (Å²) in [7, 11) is -1.65. The van der Waals surface area contributed by atoms with Gasteiger partial charge in [-0.15, -0.1) is 0 Å². The van der Waals surface area contributed by atoms with Crippen LogP contribution in [0.4, 0.5) is 0 Å². The topological polar surface area (TPSA) is 98.7 Å². The van der Waals surface area contributed by atoms with Gasteiger partial charge < -0.3 is 20.7 Å². The number of benzene rings is 1. The highest BCUT2D eigenvalue weighted by molar-refractivity contribution is 6.43. The zero-order chi connectivity index (χ0) is 18.5. The second kappa shape index (κ2) is 8.30. The first-order valence-electron chi connectivity index (χ1n) is 8.09. The van der Waals surface area contributed by atoms with Gasteiger partial charge in [0.15, 0.2) is 0 Å². The van der Waals surface area contributed by atoms with Crippen LogP contribution in [0.2, 0.25) is 0 Å². The van der Waals surface area contributed by atoms with E-state index in [-0.39, 0.29) is 11.8 Å². The molecule has 4 N–H and O–H groups in total. The molecular formula is C17H27BN2O4. The second-order valence-corrected chi connectivity index (χ2v) is 7.07. The van der Waals surface area contributed by atoms with Gasteiger partial charge in [0.2, 0.25) is 5.91 Å². The van der Waals surface area contributed by atoms with Crippen molar-refractivity contribution in [1.29, 1.82) is 0 Å². The molecule has 6 nitrogen and oxygen atoms in total. The third-order valence-electron chi connectivity index (χ3n) is 3.71. The fourth-order valence-electron chi connectivity index (χ4n) is 2.23. The monoisotopic (exact) mass is 334 g/mol. The molecule has 0 fully saturated rings. The minimum atomic E-state index is -1.65. The molecular weight excluding hydrogens is 307 g/mol. The first-order valence-corrected chi connectivity index (χ1v) is 8.09. The summed E-state index contributed by atoms with van der Waals surface area (Å²) < 4.78 is 0. The molecule has 0 aliphatic heterocycles. The predicted octanol–water partition coefficient (Wildman–Crippen LogP) is 1.05. The fraction of sp³-hybridized carbons (Fsp3) is 0.529. The van der Waals surface area contributed by atoms with Crippen LogP contribution in [0.15, 0.2) is 24.3 Å². The lowest BCUT2D eigenvalue weighted by Crippen LogP contribution is -2.59. The lowest BCUT2D eigenvalue weighted by molar-refractivity contribution is -0.126. The van der Waals surface area contributed by atoms with Crippen LogP contribution in [-0.4, -0.2) is 40.5 Å². The maximum absolute atomic E-state index is 12.4. The van der Waals surface area contributed by atoms with Crippen molar-refractivity contribution in [3.05, 3.63) is 35.4 Å². The molecule has 2 amide bonds. The average molecular weight is 334 g/mol.